The minimum atomic E-state index is -2.51. The first kappa shape index (κ1) is 14.3. The Morgan fingerprint density at radius 3 is 1.50 bits per heavy atom. The van der Waals surface area contributed by atoms with E-state index in [9.17, 15) is 0 Å². The first-order chi connectivity index (χ1) is 6.74. The smallest absolute Gasteiger partial charge is 0.414 e. The van der Waals surface area contributed by atoms with Crippen LogP contribution in [0.5, 0.6) is 0 Å². The van der Waals surface area contributed by atoms with E-state index >= 15 is 0 Å². The van der Waals surface area contributed by atoms with Crippen LogP contribution in [0.15, 0.2) is 0 Å². The molecular weight excluding hydrogens is 216 g/mol. The lowest BCUT2D eigenvalue weighted by Gasteiger charge is -2.26. The van der Waals surface area contributed by atoms with E-state index in [4.69, 9.17) is 17.7 Å². The highest BCUT2D eigenvalue weighted by Gasteiger charge is 2.42. The van der Waals surface area contributed by atoms with Crippen LogP contribution in [0.4, 0.5) is 0 Å². The zero-order valence-electron chi connectivity index (χ0n) is 9.46. The van der Waals surface area contributed by atoms with E-state index in [2.05, 4.69) is 0 Å². The van der Waals surface area contributed by atoms with Crippen molar-refractivity contribution in [2.24, 2.45) is 0 Å². The van der Waals surface area contributed by atoms with Gasteiger partial charge < -0.3 is 17.7 Å². The van der Waals surface area contributed by atoms with Gasteiger partial charge in [0.15, 0.2) is 0 Å². The maximum Gasteiger partial charge on any atom is 0.502 e. The first-order valence-corrected chi connectivity index (χ1v) is 8.68. The van der Waals surface area contributed by atoms with Gasteiger partial charge >= 0.3 is 17.6 Å². The van der Waals surface area contributed by atoms with Gasteiger partial charge in [-0.25, -0.2) is 0 Å². The fourth-order valence-corrected chi connectivity index (χ4v) is 5.62. The Bertz CT molecular complexity index is 117. The summed E-state index contributed by atoms with van der Waals surface area (Å²) in [6.07, 6.45) is 0. The fourth-order valence-electron chi connectivity index (χ4n) is 0.944. The molecule has 0 N–H and O–H groups in total. The van der Waals surface area contributed by atoms with E-state index in [0.717, 1.165) is 0 Å². The third kappa shape index (κ3) is 5.23. The van der Waals surface area contributed by atoms with E-state index < -0.39 is 8.32 Å². The number of hydrogen-bond acceptors (Lipinski definition) is 4. The summed E-state index contributed by atoms with van der Waals surface area (Å²) in [6, 6.07) is 0. The molecule has 0 aromatic heterocycles. The molecule has 0 bridgehead atoms. The zero-order valence-corrected chi connectivity index (χ0v) is 11.5. The Balaban J connectivity index is 4.21. The lowest BCUT2D eigenvalue weighted by atomic mass is 10.9. The minimum Gasteiger partial charge on any atom is -0.414 e. The Morgan fingerprint density at radius 2 is 1.21 bits per heavy atom. The summed E-state index contributed by atoms with van der Waals surface area (Å²) in [5, 5.41) is 0. The van der Waals surface area contributed by atoms with Crippen molar-refractivity contribution in [1.29, 1.82) is 0 Å². The van der Waals surface area contributed by atoms with Crippen LogP contribution < -0.4 is 0 Å². The molecule has 0 atom stereocenters. The van der Waals surface area contributed by atoms with Gasteiger partial charge in [-0.1, -0.05) is 0 Å². The Morgan fingerprint density at radius 1 is 0.786 bits per heavy atom. The summed E-state index contributed by atoms with van der Waals surface area (Å²) < 4.78 is 22.2. The van der Waals surface area contributed by atoms with Crippen LogP contribution in [0.1, 0.15) is 27.7 Å². The van der Waals surface area contributed by atoms with Gasteiger partial charge in [-0.3, -0.25) is 0 Å². The van der Waals surface area contributed by atoms with Gasteiger partial charge in [-0.15, -0.1) is 0 Å². The van der Waals surface area contributed by atoms with Gasteiger partial charge in [0.1, 0.15) is 0 Å². The highest BCUT2D eigenvalue weighted by molar-refractivity contribution is 7.12. The average Bonchev–Trinajstić information content (AvgIpc) is 2.16. The molecule has 0 aromatic carbocycles. The van der Waals surface area contributed by atoms with E-state index in [-0.39, 0.29) is 9.28 Å². The maximum atomic E-state index is 5.59. The molecule has 2 radical (unpaired) electrons. The molecule has 0 amide bonds. The van der Waals surface area contributed by atoms with Crippen molar-refractivity contribution in [2.45, 2.75) is 27.7 Å². The third-order valence-electron chi connectivity index (χ3n) is 1.34. The van der Waals surface area contributed by atoms with Crippen LogP contribution in [0.2, 0.25) is 0 Å². The van der Waals surface area contributed by atoms with Crippen molar-refractivity contribution >= 4 is 17.6 Å². The molecule has 0 saturated carbocycles. The molecular formula is C8H20O4Si2. The molecule has 4 nitrogen and oxygen atoms in total. The van der Waals surface area contributed by atoms with Crippen LogP contribution >= 0.6 is 0 Å². The lowest BCUT2D eigenvalue weighted by molar-refractivity contribution is 0.0877. The van der Waals surface area contributed by atoms with Crippen LogP contribution in [-0.4, -0.2) is 44.0 Å². The van der Waals surface area contributed by atoms with E-state index in [1.54, 1.807) is 0 Å². The summed E-state index contributed by atoms with van der Waals surface area (Å²) in [5.74, 6) is 0. The molecule has 0 aliphatic rings. The second-order valence-electron chi connectivity index (χ2n) is 2.39. The molecule has 0 unspecified atom stereocenters. The molecule has 0 aliphatic carbocycles. The summed E-state index contributed by atoms with van der Waals surface area (Å²) >= 11 is 0. The molecule has 84 valence electrons. The van der Waals surface area contributed by atoms with Gasteiger partial charge in [0.05, 0.1) is 0 Å². The molecule has 0 aromatic rings. The second kappa shape index (κ2) is 8.57. The molecule has 0 rings (SSSR count). The highest BCUT2D eigenvalue weighted by atomic mass is 29.2. The van der Waals surface area contributed by atoms with Gasteiger partial charge in [-0.2, -0.15) is 0 Å². The molecule has 0 aliphatic heterocycles. The third-order valence-corrected chi connectivity index (χ3v) is 6.52. The molecule has 14 heavy (non-hydrogen) atoms. The van der Waals surface area contributed by atoms with Gasteiger partial charge in [0.25, 0.3) is 0 Å². The van der Waals surface area contributed by atoms with Crippen LogP contribution in [0, 0.1) is 0 Å². The number of rotatable bonds is 9. The highest BCUT2D eigenvalue weighted by Crippen LogP contribution is 2.08. The summed E-state index contributed by atoms with van der Waals surface area (Å²) in [5.41, 5.74) is 0. The Hall–Kier alpha value is 0.274. The summed E-state index contributed by atoms with van der Waals surface area (Å²) in [4.78, 5) is 0. The zero-order chi connectivity index (χ0) is 10.9. The van der Waals surface area contributed by atoms with Crippen LogP contribution in [0.3, 0.4) is 0 Å². The topological polar surface area (TPSA) is 36.9 Å². The van der Waals surface area contributed by atoms with Crippen molar-refractivity contribution in [1.82, 2.24) is 0 Å². The van der Waals surface area contributed by atoms with Crippen LogP contribution in [0.25, 0.3) is 0 Å². The predicted molar refractivity (Wildman–Crippen MR) is 58.0 cm³/mol. The van der Waals surface area contributed by atoms with E-state index in [1.165, 1.54) is 0 Å². The van der Waals surface area contributed by atoms with Crippen molar-refractivity contribution in [2.75, 3.05) is 26.4 Å². The van der Waals surface area contributed by atoms with Gasteiger partial charge in [0.2, 0.25) is 0 Å². The quantitative estimate of drug-likeness (QED) is 0.564. The van der Waals surface area contributed by atoms with Gasteiger partial charge in [-0.05, 0) is 27.7 Å². The van der Waals surface area contributed by atoms with Crippen LogP contribution in [-0.2, 0) is 17.7 Å². The summed E-state index contributed by atoms with van der Waals surface area (Å²) in [7, 11) is -2.32. The van der Waals surface area contributed by atoms with Crippen molar-refractivity contribution in [3.63, 3.8) is 0 Å². The van der Waals surface area contributed by atoms with Gasteiger partial charge in [0, 0.05) is 26.4 Å². The minimum absolute atomic E-state index is 0.186. The van der Waals surface area contributed by atoms with Crippen molar-refractivity contribution < 1.29 is 17.7 Å². The van der Waals surface area contributed by atoms with E-state index in [1.807, 2.05) is 27.7 Å². The first-order valence-electron chi connectivity index (χ1n) is 5.05. The second-order valence-corrected chi connectivity index (χ2v) is 7.31. The molecule has 0 heterocycles. The SMILES string of the molecule is CCO[Si][Si](OCC)(OCC)OCC. The molecule has 6 heteroatoms. The molecule has 0 spiro atoms. The monoisotopic (exact) mass is 236 g/mol. The van der Waals surface area contributed by atoms with Crippen molar-refractivity contribution in [3.8, 4) is 0 Å². The Labute approximate surface area is 90.0 Å². The largest absolute Gasteiger partial charge is 0.502 e. The lowest BCUT2D eigenvalue weighted by Crippen LogP contribution is -2.53. The predicted octanol–water partition coefficient (Wildman–Crippen LogP) is 1.19. The molecule has 0 saturated heterocycles. The molecule has 0 fully saturated rings. The summed E-state index contributed by atoms with van der Waals surface area (Å²) in [6.45, 7) is 10.3. The van der Waals surface area contributed by atoms with Crippen molar-refractivity contribution in [3.05, 3.63) is 0 Å². The van der Waals surface area contributed by atoms with E-state index in [0.29, 0.717) is 26.4 Å². The average molecular weight is 236 g/mol. The number of hydrogen-bond donors (Lipinski definition) is 0. The normalized spacial score (nSPS) is 12.0. The Kier molecular flexibility index (Phi) is 8.74. The fraction of sp³-hybridized carbons (Fsp3) is 1.00. The maximum absolute atomic E-state index is 5.59. The standard InChI is InChI=1S/C8H20O4Si2/c1-5-9-13-14(10-6-2,11-7-3)12-8-4/h5-8H2,1-4H3.